The minimum Gasteiger partial charge on any atom is -0.462 e. The number of carbonyl (C=O) groups is 1. The number of hydrogen-bond donors (Lipinski definition) is 0. The summed E-state index contributed by atoms with van der Waals surface area (Å²) >= 11 is 5.02. The van der Waals surface area contributed by atoms with E-state index in [-0.39, 0.29) is 12.2 Å². The molecule has 1 aromatic heterocycles. The van der Waals surface area contributed by atoms with E-state index in [4.69, 9.17) is 4.74 Å². The fraction of sp³-hybridized carbons (Fsp3) is 0.400. The van der Waals surface area contributed by atoms with Gasteiger partial charge in [-0.1, -0.05) is 15.9 Å². The Morgan fingerprint density at radius 3 is 2.76 bits per heavy atom. The molecule has 0 aliphatic heterocycles. The van der Waals surface area contributed by atoms with Crippen LogP contribution in [0.2, 0.25) is 0 Å². The smallest absolute Gasteiger partial charge is 0.338 e. The highest BCUT2D eigenvalue weighted by Crippen LogP contribution is 2.25. The highest BCUT2D eigenvalue weighted by atomic mass is 127. The zero-order valence-corrected chi connectivity index (χ0v) is 12.6. The van der Waals surface area contributed by atoms with Crippen LogP contribution in [0, 0.1) is 3.70 Å². The second kappa shape index (κ2) is 6.58. The molecule has 0 atom stereocenters. The molecular weight excluding hydrogens is 411 g/mol. The summed E-state index contributed by atoms with van der Waals surface area (Å²) in [5.41, 5.74) is 0.286. The van der Waals surface area contributed by atoms with Gasteiger partial charge in [-0.3, -0.25) is 0 Å². The van der Waals surface area contributed by atoms with Gasteiger partial charge in [-0.2, -0.15) is 0 Å². The quantitative estimate of drug-likeness (QED) is 0.323. The van der Waals surface area contributed by atoms with Crippen molar-refractivity contribution in [3.63, 3.8) is 0 Å². The highest BCUT2D eigenvalue weighted by molar-refractivity contribution is 14.1. The summed E-state index contributed by atoms with van der Waals surface area (Å²) in [5, 5.41) is 0.357. The van der Waals surface area contributed by atoms with E-state index in [1.54, 1.807) is 6.92 Å². The predicted molar refractivity (Wildman–Crippen MR) is 70.5 cm³/mol. The van der Waals surface area contributed by atoms with Crippen LogP contribution in [0.15, 0.2) is 6.07 Å². The maximum atomic E-state index is 12.6. The summed E-state index contributed by atoms with van der Waals surface area (Å²) in [6.07, 6.45) is -2.71. The molecule has 1 aromatic rings. The average Bonchev–Trinajstić information content (AvgIpc) is 2.28. The van der Waals surface area contributed by atoms with Crippen LogP contribution in [-0.4, -0.2) is 17.6 Å². The van der Waals surface area contributed by atoms with Gasteiger partial charge in [0.2, 0.25) is 0 Å². The number of esters is 1. The van der Waals surface area contributed by atoms with Crippen molar-refractivity contribution >= 4 is 44.5 Å². The van der Waals surface area contributed by atoms with Gasteiger partial charge in [0, 0.05) is 10.9 Å². The third-order valence-corrected chi connectivity index (χ3v) is 3.40. The fourth-order valence-corrected chi connectivity index (χ4v) is 3.04. The van der Waals surface area contributed by atoms with Crippen LogP contribution < -0.4 is 0 Å². The van der Waals surface area contributed by atoms with E-state index < -0.39 is 18.1 Å². The Hall–Kier alpha value is -0.310. The molecule has 1 heterocycles. The maximum absolute atomic E-state index is 12.6. The van der Waals surface area contributed by atoms with E-state index in [9.17, 15) is 13.6 Å². The molecule has 0 radical (unpaired) electrons. The van der Waals surface area contributed by atoms with Crippen molar-refractivity contribution in [2.24, 2.45) is 0 Å². The summed E-state index contributed by atoms with van der Waals surface area (Å²) < 4.78 is 30.4. The Balaban J connectivity index is 3.28. The van der Waals surface area contributed by atoms with E-state index in [2.05, 4.69) is 20.9 Å². The monoisotopic (exact) mass is 419 g/mol. The van der Waals surface area contributed by atoms with E-state index in [0.29, 0.717) is 14.6 Å². The third-order valence-electron chi connectivity index (χ3n) is 1.95. The van der Waals surface area contributed by atoms with Gasteiger partial charge in [0.15, 0.2) is 0 Å². The lowest BCUT2D eigenvalue weighted by atomic mass is 10.1. The number of hydrogen-bond acceptors (Lipinski definition) is 3. The Kier molecular flexibility index (Phi) is 5.71. The van der Waals surface area contributed by atoms with Crippen molar-refractivity contribution < 1.29 is 18.3 Å². The number of ether oxygens (including phenoxy) is 1. The first-order valence-corrected chi connectivity index (χ1v) is 6.91. The van der Waals surface area contributed by atoms with E-state index in [0.717, 1.165) is 6.07 Å². The molecule has 0 amide bonds. The SMILES string of the molecule is CCOC(=O)c1cc(C(F)F)nc(I)c1CBr. The molecule has 0 aliphatic rings. The Morgan fingerprint density at radius 2 is 2.29 bits per heavy atom. The molecule has 0 saturated heterocycles. The molecular formula is C10H9BrF2INO2. The molecule has 0 N–H and O–H groups in total. The largest absolute Gasteiger partial charge is 0.462 e. The van der Waals surface area contributed by atoms with Gasteiger partial charge in [0.1, 0.15) is 9.39 Å². The van der Waals surface area contributed by atoms with Crippen LogP contribution in [0.25, 0.3) is 0 Å². The van der Waals surface area contributed by atoms with Crippen LogP contribution >= 0.6 is 38.5 Å². The first kappa shape index (κ1) is 14.7. The molecule has 0 spiro atoms. The molecule has 0 aliphatic carbocycles. The van der Waals surface area contributed by atoms with Gasteiger partial charge in [-0.15, -0.1) is 0 Å². The molecule has 3 nitrogen and oxygen atoms in total. The zero-order chi connectivity index (χ0) is 13.0. The predicted octanol–water partition coefficient (Wildman–Crippen LogP) is 3.70. The second-order valence-corrected chi connectivity index (χ2v) is 4.60. The van der Waals surface area contributed by atoms with E-state index in [1.165, 1.54) is 0 Å². The lowest BCUT2D eigenvalue weighted by Gasteiger charge is -2.10. The molecule has 1 rings (SSSR count). The number of aromatic nitrogens is 1. The van der Waals surface area contributed by atoms with Crippen LogP contribution in [-0.2, 0) is 10.1 Å². The number of rotatable bonds is 4. The second-order valence-electron chi connectivity index (χ2n) is 3.02. The first-order valence-electron chi connectivity index (χ1n) is 4.71. The number of carbonyl (C=O) groups excluding carboxylic acids is 1. The topological polar surface area (TPSA) is 39.2 Å². The number of nitrogens with zero attached hydrogens (tertiary/aromatic N) is 1. The van der Waals surface area contributed by atoms with E-state index in [1.807, 2.05) is 22.6 Å². The van der Waals surface area contributed by atoms with Gasteiger partial charge < -0.3 is 4.74 Å². The molecule has 0 saturated carbocycles. The maximum Gasteiger partial charge on any atom is 0.338 e. The first-order chi connectivity index (χ1) is 8.01. The van der Waals surface area contributed by atoms with Crippen molar-refractivity contribution in [1.82, 2.24) is 4.98 Å². The van der Waals surface area contributed by atoms with Crippen LogP contribution in [0.4, 0.5) is 8.78 Å². The molecule has 0 unspecified atom stereocenters. The van der Waals surface area contributed by atoms with Gasteiger partial charge in [0.25, 0.3) is 6.43 Å². The molecule has 0 fully saturated rings. The Labute approximate surface area is 119 Å². The number of pyridine rings is 1. The minimum absolute atomic E-state index is 0.137. The summed E-state index contributed by atoms with van der Waals surface area (Å²) in [6, 6.07) is 1.08. The number of halogens is 4. The van der Waals surface area contributed by atoms with Gasteiger partial charge in [-0.25, -0.2) is 18.6 Å². The summed E-state index contributed by atoms with van der Waals surface area (Å²) in [6.45, 7) is 1.86. The summed E-state index contributed by atoms with van der Waals surface area (Å²) in [4.78, 5) is 15.4. The molecule has 0 bridgehead atoms. The standard InChI is InChI=1S/C10H9BrF2INO2/c1-2-17-10(16)5-3-7(8(12)13)15-9(14)6(5)4-11/h3,8H,2,4H2,1H3. The zero-order valence-electron chi connectivity index (χ0n) is 8.84. The molecule has 17 heavy (non-hydrogen) atoms. The fourth-order valence-electron chi connectivity index (χ4n) is 1.19. The Morgan fingerprint density at radius 1 is 1.65 bits per heavy atom. The van der Waals surface area contributed by atoms with Crippen molar-refractivity contribution in [3.8, 4) is 0 Å². The van der Waals surface area contributed by atoms with Crippen LogP contribution in [0.1, 0.15) is 35.0 Å². The lowest BCUT2D eigenvalue weighted by Crippen LogP contribution is -2.11. The van der Waals surface area contributed by atoms with Gasteiger partial charge in [-0.05, 0) is 35.6 Å². The highest BCUT2D eigenvalue weighted by Gasteiger charge is 2.20. The molecule has 94 valence electrons. The molecule has 7 heteroatoms. The summed E-state index contributed by atoms with van der Waals surface area (Å²) in [5.74, 6) is -0.607. The average molecular weight is 420 g/mol. The molecule has 0 aromatic carbocycles. The van der Waals surface area contributed by atoms with Crippen molar-refractivity contribution in [1.29, 1.82) is 0 Å². The van der Waals surface area contributed by atoms with Crippen LogP contribution in [0.5, 0.6) is 0 Å². The summed E-state index contributed by atoms with van der Waals surface area (Å²) in [7, 11) is 0. The van der Waals surface area contributed by atoms with Crippen LogP contribution in [0.3, 0.4) is 0 Å². The van der Waals surface area contributed by atoms with Crippen molar-refractivity contribution in [2.75, 3.05) is 6.61 Å². The lowest BCUT2D eigenvalue weighted by molar-refractivity contribution is 0.0524. The third kappa shape index (κ3) is 3.57. The minimum atomic E-state index is -2.71. The van der Waals surface area contributed by atoms with Gasteiger partial charge >= 0.3 is 5.97 Å². The van der Waals surface area contributed by atoms with Crippen molar-refractivity contribution in [3.05, 3.63) is 26.6 Å². The van der Waals surface area contributed by atoms with Gasteiger partial charge in [0.05, 0.1) is 12.2 Å². The Bertz CT molecular complexity index is 429. The van der Waals surface area contributed by atoms with E-state index >= 15 is 0 Å². The number of alkyl halides is 3. The van der Waals surface area contributed by atoms with Crippen molar-refractivity contribution in [2.45, 2.75) is 18.7 Å². The normalized spacial score (nSPS) is 10.7.